The second-order valence-corrected chi connectivity index (χ2v) is 6.32. The van der Waals surface area contributed by atoms with Crippen LogP contribution in [-0.4, -0.2) is 48.5 Å². The van der Waals surface area contributed by atoms with Crippen molar-refractivity contribution >= 4 is 34.0 Å². The van der Waals surface area contributed by atoms with E-state index in [1.165, 1.54) is 0 Å². The number of rotatable bonds is 4. The Balaban J connectivity index is 2.08. The number of fused-ring (bicyclic) bond motifs is 1. The summed E-state index contributed by atoms with van der Waals surface area (Å²) in [7, 11) is 5.39. The summed E-state index contributed by atoms with van der Waals surface area (Å²) in [5.41, 5.74) is 1.87. The van der Waals surface area contributed by atoms with Gasteiger partial charge in [0, 0.05) is 37.5 Å². The molecular weight excluding hydrogens is 308 g/mol. The first-order valence-corrected chi connectivity index (χ1v) is 8.21. The monoisotopic (exact) mass is 326 g/mol. The van der Waals surface area contributed by atoms with E-state index in [9.17, 15) is 4.79 Å². The molecule has 0 radical (unpaired) electrons. The summed E-state index contributed by atoms with van der Waals surface area (Å²) in [5, 5.41) is 4.98. The molecule has 0 bridgehead atoms. The molecule has 0 atom stereocenters. The van der Waals surface area contributed by atoms with Gasteiger partial charge in [-0.2, -0.15) is 11.3 Å². The minimum atomic E-state index is 0.0345. The molecule has 0 fully saturated rings. The van der Waals surface area contributed by atoms with Gasteiger partial charge >= 0.3 is 0 Å². The van der Waals surface area contributed by atoms with Crippen LogP contribution in [0.4, 0.5) is 5.82 Å². The highest BCUT2D eigenvalue weighted by Gasteiger charge is 2.16. The van der Waals surface area contributed by atoms with E-state index >= 15 is 0 Å². The number of para-hydroxylation sites is 1. The van der Waals surface area contributed by atoms with Crippen LogP contribution in [-0.2, 0) is 4.79 Å². The Morgan fingerprint density at radius 1 is 1.13 bits per heavy atom. The maximum absolute atomic E-state index is 12.0. The maximum atomic E-state index is 12.0. The van der Waals surface area contributed by atoms with Gasteiger partial charge in [-0.1, -0.05) is 12.1 Å². The minimum absolute atomic E-state index is 0.0345. The lowest BCUT2D eigenvalue weighted by atomic mass is 10.2. The zero-order valence-electron chi connectivity index (χ0n) is 13.4. The van der Waals surface area contributed by atoms with Crippen molar-refractivity contribution < 1.29 is 4.79 Å². The Kier molecular flexibility index (Phi) is 4.25. The first-order valence-electron chi connectivity index (χ1n) is 7.27. The topological polar surface area (TPSA) is 49.3 Å². The Morgan fingerprint density at radius 2 is 1.91 bits per heavy atom. The summed E-state index contributed by atoms with van der Waals surface area (Å²) in [4.78, 5) is 24.8. The van der Waals surface area contributed by atoms with E-state index in [2.05, 4.69) is 4.98 Å². The second-order valence-electron chi connectivity index (χ2n) is 5.54. The van der Waals surface area contributed by atoms with Gasteiger partial charge in [-0.3, -0.25) is 4.79 Å². The molecule has 2 aromatic heterocycles. The summed E-state index contributed by atoms with van der Waals surface area (Å²) >= 11 is 1.61. The Bertz CT molecular complexity index is 830. The van der Waals surface area contributed by atoms with Crippen molar-refractivity contribution in [1.82, 2.24) is 14.9 Å². The molecule has 0 aliphatic heterocycles. The summed E-state index contributed by atoms with van der Waals surface area (Å²) in [5.74, 6) is 1.49. The molecule has 2 heterocycles. The molecule has 0 aliphatic carbocycles. The third-order valence-corrected chi connectivity index (χ3v) is 4.28. The third kappa shape index (κ3) is 3.17. The predicted octanol–water partition coefficient (Wildman–Crippen LogP) is 2.88. The molecule has 118 valence electrons. The number of carbonyl (C=O) groups excluding carboxylic acids is 1. The van der Waals surface area contributed by atoms with E-state index in [1.807, 2.05) is 53.0 Å². The average Bonchev–Trinajstić information content (AvgIpc) is 3.08. The highest BCUT2D eigenvalue weighted by molar-refractivity contribution is 7.08. The molecule has 0 unspecified atom stereocenters. The zero-order valence-corrected chi connectivity index (χ0v) is 14.2. The fraction of sp³-hybridized carbons (Fsp3) is 0.235. The van der Waals surface area contributed by atoms with E-state index in [0.717, 1.165) is 22.3 Å². The highest BCUT2D eigenvalue weighted by Crippen LogP contribution is 2.27. The molecule has 5 nitrogen and oxygen atoms in total. The summed E-state index contributed by atoms with van der Waals surface area (Å²) in [6, 6.07) is 9.88. The standard InChI is InChI=1S/C17H18N4OS/c1-20(2)15(22)10-21(3)17-13-6-4-5-7-14(13)18-16(19-17)12-8-9-23-11-12/h4-9,11H,10H2,1-3H3. The molecule has 3 aromatic rings. The maximum Gasteiger partial charge on any atom is 0.241 e. The Morgan fingerprint density at radius 3 is 2.61 bits per heavy atom. The number of anilines is 1. The first kappa shape index (κ1) is 15.4. The first-order chi connectivity index (χ1) is 11.1. The average molecular weight is 326 g/mol. The van der Waals surface area contributed by atoms with Crippen LogP contribution in [0.3, 0.4) is 0 Å². The number of benzene rings is 1. The Labute approximate surface area is 139 Å². The number of likely N-dealkylation sites (N-methyl/N-ethyl adjacent to an activating group) is 2. The number of amides is 1. The molecule has 3 rings (SSSR count). The van der Waals surface area contributed by atoms with Crippen molar-refractivity contribution in [2.75, 3.05) is 32.6 Å². The number of thiophene rings is 1. The summed E-state index contributed by atoms with van der Waals surface area (Å²) in [6.07, 6.45) is 0. The number of hydrogen-bond acceptors (Lipinski definition) is 5. The second kappa shape index (κ2) is 6.34. The molecule has 1 amide bonds. The van der Waals surface area contributed by atoms with Gasteiger partial charge in [-0.15, -0.1) is 0 Å². The van der Waals surface area contributed by atoms with Crippen LogP contribution in [0.25, 0.3) is 22.3 Å². The number of hydrogen-bond donors (Lipinski definition) is 0. The van der Waals surface area contributed by atoms with Gasteiger partial charge in [0.15, 0.2) is 5.82 Å². The van der Waals surface area contributed by atoms with Crippen LogP contribution in [0.15, 0.2) is 41.1 Å². The molecular formula is C17H18N4OS. The molecule has 23 heavy (non-hydrogen) atoms. The van der Waals surface area contributed by atoms with Crippen LogP contribution in [0.2, 0.25) is 0 Å². The van der Waals surface area contributed by atoms with Gasteiger partial charge in [-0.25, -0.2) is 9.97 Å². The van der Waals surface area contributed by atoms with Crippen LogP contribution < -0.4 is 4.90 Å². The van der Waals surface area contributed by atoms with Gasteiger partial charge in [0.2, 0.25) is 5.91 Å². The Hall–Kier alpha value is -2.47. The van der Waals surface area contributed by atoms with Gasteiger partial charge < -0.3 is 9.80 Å². The zero-order chi connectivity index (χ0) is 16.4. The molecule has 0 saturated carbocycles. The molecule has 0 aliphatic rings. The quantitative estimate of drug-likeness (QED) is 0.740. The summed E-state index contributed by atoms with van der Waals surface area (Å²) < 4.78 is 0. The van der Waals surface area contributed by atoms with Crippen molar-refractivity contribution in [2.24, 2.45) is 0 Å². The van der Waals surface area contributed by atoms with E-state index in [0.29, 0.717) is 5.82 Å². The predicted molar refractivity (Wildman–Crippen MR) is 94.8 cm³/mol. The lowest BCUT2D eigenvalue weighted by Gasteiger charge is -2.21. The smallest absolute Gasteiger partial charge is 0.241 e. The number of carbonyl (C=O) groups is 1. The van der Waals surface area contributed by atoms with Crippen molar-refractivity contribution in [2.45, 2.75) is 0 Å². The number of nitrogens with zero attached hydrogens (tertiary/aromatic N) is 4. The van der Waals surface area contributed by atoms with Gasteiger partial charge in [0.05, 0.1) is 12.1 Å². The van der Waals surface area contributed by atoms with Gasteiger partial charge in [-0.05, 0) is 23.6 Å². The van der Waals surface area contributed by atoms with E-state index in [-0.39, 0.29) is 12.5 Å². The van der Waals surface area contributed by atoms with Crippen molar-refractivity contribution in [3.8, 4) is 11.4 Å². The van der Waals surface area contributed by atoms with Crippen LogP contribution >= 0.6 is 11.3 Å². The number of aromatic nitrogens is 2. The molecule has 0 saturated heterocycles. The fourth-order valence-electron chi connectivity index (χ4n) is 2.29. The summed E-state index contributed by atoms with van der Waals surface area (Å²) in [6.45, 7) is 0.275. The van der Waals surface area contributed by atoms with E-state index in [4.69, 9.17) is 4.98 Å². The van der Waals surface area contributed by atoms with E-state index in [1.54, 1.807) is 30.3 Å². The minimum Gasteiger partial charge on any atom is -0.350 e. The normalized spacial score (nSPS) is 10.7. The lowest BCUT2D eigenvalue weighted by Crippen LogP contribution is -2.34. The fourth-order valence-corrected chi connectivity index (χ4v) is 2.93. The lowest BCUT2D eigenvalue weighted by molar-refractivity contribution is -0.127. The van der Waals surface area contributed by atoms with Gasteiger partial charge in [0.25, 0.3) is 0 Å². The SMILES string of the molecule is CN(C)C(=O)CN(C)c1nc(-c2ccsc2)nc2ccccc12. The van der Waals surface area contributed by atoms with Crippen LogP contribution in [0.1, 0.15) is 0 Å². The van der Waals surface area contributed by atoms with Crippen molar-refractivity contribution in [3.63, 3.8) is 0 Å². The van der Waals surface area contributed by atoms with Crippen molar-refractivity contribution in [1.29, 1.82) is 0 Å². The van der Waals surface area contributed by atoms with Crippen LogP contribution in [0, 0.1) is 0 Å². The molecule has 0 spiro atoms. The van der Waals surface area contributed by atoms with Crippen molar-refractivity contribution in [3.05, 3.63) is 41.1 Å². The molecule has 6 heteroatoms. The largest absolute Gasteiger partial charge is 0.350 e. The van der Waals surface area contributed by atoms with Gasteiger partial charge in [0.1, 0.15) is 5.82 Å². The molecule has 0 N–H and O–H groups in total. The van der Waals surface area contributed by atoms with Crippen LogP contribution in [0.5, 0.6) is 0 Å². The third-order valence-electron chi connectivity index (χ3n) is 3.60. The van der Waals surface area contributed by atoms with E-state index < -0.39 is 0 Å². The highest BCUT2D eigenvalue weighted by atomic mass is 32.1. The molecule has 1 aromatic carbocycles.